The molecule has 0 spiro atoms. The zero-order chi connectivity index (χ0) is 23.5. The van der Waals surface area contributed by atoms with E-state index < -0.39 is 5.82 Å². The van der Waals surface area contributed by atoms with E-state index in [0.717, 1.165) is 16.9 Å². The molecule has 0 atom stereocenters. The molecule has 0 unspecified atom stereocenters. The third kappa shape index (κ3) is 4.69. The molecule has 1 amide bonds. The summed E-state index contributed by atoms with van der Waals surface area (Å²) in [5.74, 6) is 1.23. The molecule has 0 aliphatic rings. The molecular weight excluding hydrogens is 455 g/mol. The molecular formula is C23H19FN8OS. The second-order valence-electron chi connectivity index (χ2n) is 7.35. The molecule has 5 aromatic rings. The van der Waals surface area contributed by atoms with E-state index in [9.17, 15) is 9.18 Å². The summed E-state index contributed by atoms with van der Waals surface area (Å²) >= 11 is 1.48. The molecule has 34 heavy (non-hydrogen) atoms. The highest BCUT2D eigenvalue weighted by Crippen LogP contribution is 2.25. The van der Waals surface area contributed by atoms with Crippen molar-refractivity contribution in [2.24, 2.45) is 0 Å². The SMILES string of the molecule is Nc1cc(F)ccc1NC(=O)c1ccc(CSc2nc(Nc3ccn[nH]3)c3cccn3n2)cc1. The number of nitrogens with zero attached hydrogens (tertiary/aromatic N) is 4. The number of amides is 1. The number of H-pyrrole nitrogens is 1. The number of nitrogens with two attached hydrogens (primary N) is 1. The maximum absolute atomic E-state index is 13.2. The van der Waals surface area contributed by atoms with Gasteiger partial charge in [0.25, 0.3) is 5.91 Å². The number of fused-ring (bicyclic) bond motifs is 1. The first-order chi connectivity index (χ1) is 16.5. The van der Waals surface area contributed by atoms with E-state index in [4.69, 9.17) is 5.73 Å². The summed E-state index contributed by atoms with van der Waals surface area (Å²) < 4.78 is 15.0. The van der Waals surface area contributed by atoms with Crippen LogP contribution in [-0.4, -0.2) is 30.7 Å². The van der Waals surface area contributed by atoms with Crippen molar-refractivity contribution in [3.8, 4) is 0 Å². The standard InChI is InChI=1S/C23H19FN8OS/c24-16-7-8-18(17(25)12-16)27-22(33)15-5-3-14(4-6-15)13-34-23-29-21(28-20-9-10-26-30-20)19-2-1-11-32(19)31-23/h1-12H,13,25H2,(H,27,33)(H2,26,28,29,30,31). The van der Waals surface area contributed by atoms with Crippen molar-refractivity contribution in [2.75, 3.05) is 16.4 Å². The van der Waals surface area contributed by atoms with Crippen molar-refractivity contribution in [1.82, 2.24) is 24.8 Å². The maximum Gasteiger partial charge on any atom is 0.255 e. The van der Waals surface area contributed by atoms with Gasteiger partial charge in [0, 0.05) is 23.6 Å². The van der Waals surface area contributed by atoms with Crippen molar-refractivity contribution in [3.63, 3.8) is 0 Å². The van der Waals surface area contributed by atoms with E-state index in [-0.39, 0.29) is 11.6 Å². The molecule has 0 saturated carbocycles. The molecule has 0 radical (unpaired) electrons. The first kappa shape index (κ1) is 21.5. The van der Waals surface area contributed by atoms with Crippen molar-refractivity contribution in [1.29, 1.82) is 0 Å². The Kier molecular flexibility index (Phi) is 5.83. The van der Waals surface area contributed by atoms with Crippen LogP contribution in [0.1, 0.15) is 15.9 Å². The summed E-state index contributed by atoms with van der Waals surface area (Å²) in [6.45, 7) is 0. The molecule has 2 aromatic carbocycles. The predicted molar refractivity (Wildman–Crippen MR) is 130 cm³/mol. The van der Waals surface area contributed by atoms with Gasteiger partial charge in [-0.25, -0.2) is 13.9 Å². The van der Waals surface area contributed by atoms with Crippen molar-refractivity contribution in [3.05, 3.63) is 90.0 Å². The Labute approximate surface area is 197 Å². The van der Waals surface area contributed by atoms with Gasteiger partial charge >= 0.3 is 0 Å². The number of aromatic nitrogens is 5. The van der Waals surface area contributed by atoms with Crippen molar-refractivity contribution < 1.29 is 9.18 Å². The fraction of sp³-hybridized carbons (Fsp3) is 0.0435. The number of thioether (sulfide) groups is 1. The molecule has 5 N–H and O–H groups in total. The summed E-state index contributed by atoms with van der Waals surface area (Å²) in [6.07, 6.45) is 3.52. The van der Waals surface area contributed by atoms with Crippen LogP contribution in [0.5, 0.6) is 0 Å². The molecule has 0 aliphatic carbocycles. The first-order valence-electron chi connectivity index (χ1n) is 10.2. The van der Waals surface area contributed by atoms with Crippen molar-refractivity contribution >= 4 is 46.2 Å². The number of aromatic amines is 1. The first-order valence-corrected chi connectivity index (χ1v) is 11.2. The lowest BCUT2D eigenvalue weighted by molar-refractivity contribution is 0.102. The molecule has 9 nitrogen and oxygen atoms in total. The van der Waals surface area contributed by atoms with Crippen LogP contribution in [0.15, 0.2) is 78.2 Å². The van der Waals surface area contributed by atoms with E-state index in [1.165, 1.54) is 30.0 Å². The third-order valence-corrected chi connectivity index (χ3v) is 5.88. The zero-order valence-electron chi connectivity index (χ0n) is 17.7. The Morgan fingerprint density at radius 3 is 2.76 bits per heavy atom. The lowest BCUT2D eigenvalue weighted by Crippen LogP contribution is -2.13. The van der Waals surface area contributed by atoms with Gasteiger partial charge < -0.3 is 16.4 Å². The fourth-order valence-electron chi connectivity index (χ4n) is 3.26. The lowest BCUT2D eigenvalue weighted by Gasteiger charge is -2.09. The normalized spacial score (nSPS) is 11.0. The van der Waals surface area contributed by atoms with E-state index in [0.29, 0.717) is 28.0 Å². The molecule has 5 rings (SSSR count). The Hall–Kier alpha value is -4.38. The predicted octanol–water partition coefficient (Wildman–Crippen LogP) is 4.46. The summed E-state index contributed by atoms with van der Waals surface area (Å²) in [4.78, 5) is 17.1. The highest BCUT2D eigenvalue weighted by molar-refractivity contribution is 7.98. The number of carbonyl (C=O) groups excluding carboxylic acids is 1. The molecule has 0 aliphatic heterocycles. The average Bonchev–Trinajstić information content (AvgIpc) is 3.52. The van der Waals surface area contributed by atoms with Gasteiger partial charge in [-0.1, -0.05) is 23.9 Å². The van der Waals surface area contributed by atoms with Crippen LogP contribution in [-0.2, 0) is 5.75 Å². The number of benzene rings is 2. The second-order valence-corrected chi connectivity index (χ2v) is 8.29. The van der Waals surface area contributed by atoms with E-state index >= 15 is 0 Å². The minimum atomic E-state index is -0.457. The number of nitrogens with one attached hydrogen (secondary N) is 3. The van der Waals surface area contributed by atoms with Crippen LogP contribution in [0, 0.1) is 5.82 Å². The van der Waals surface area contributed by atoms with Crippen LogP contribution < -0.4 is 16.4 Å². The van der Waals surface area contributed by atoms with Gasteiger partial charge in [-0.2, -0.15) is 5.10 Å². The summed E-state index contributed by atoms with van der Waals surface area (Å²) in [5, 5.41) is 17.9. The molecule has 3 aromatic heterocycles. The minimum Gasteiger partial charge on any atom is -0.397 e. The highest BCUT2D eigenvalue weighted by atomic mass is 32.2. The maximum atomic E-state index is 13.2. The number of carbonyl (C=O) groups is 1. The van der Waals surface area contributed by atoms with Gasteiger partial charge in [0.15, 0.2) is 5.82 Å². The molecule has 170 valence electrons. The number of anilines is 4. The summed E-state index contributed by atoms with van der Waals surface area (Å²) in [6, 6.07) is 16.7. The van der Waals surface area contributed by atoms with E-state index in [1.807, 2.05) is 36.5 Å². The highest BCUT2D eigenvalue weighted by Gasteiger charge is 2.11. The van der Waals surface area contributed by atoms with E-state index in [1.54, 1.807) is 22.8 Å². The van der Waals surface area contributed by atoms with Crippen LogP contribution >= 0.6 is 11.8 Å². The number of rotatable bonds is 7. The number of hydrogen-bond donors (Lipinski definition) is 4. The zero-order valence-corrected chi connectivity index (χ0v) is 18.5. The smallest absolute Gasteiger partial charge is 0.255 e. The molecule has 0 fully saturated rings. The Balaban J connectivity index is 1.26. The Morgan fingerprint density at radius 1 is 1.15 bits per heavy atom. The van der Waals surface area contributed by atoms with Crippen LogP contribution in [0.2, 0.25) is 0 Å². The van der Waals surface area contributed by atoms with E-state index in [2.05, 4.69) is 30.9 Å². The van der Waals surface area contributed by atoms with Crippen LogP contribution in [0.25, 0.3) is 5.52 Å². The summed E-state index contributed by atoms with van der Waals surface area (Å²) in [5.41, 5.74) is 8.61. The molecule has 0 saturated heterocycles. The minimum absolute atomic E-state index is 0.169. The van der Waals surface area contributed by atoms with Crippen LogP contribution in [0.4, 0.5) is 27.4 Å². The molecule has 11 heteroatoms. The largest absolute Gasteiger partial charge is 0.397 e. The van der Waals surface area contributed by atoms with Gasteiger partial charge in [-0.3, -0.25) is 9.89 Å². The number of halogens is 1. The Morgan fingerprint density at radius 2 is 2.00 bits per heavy atom. The second kappa shape index (κ2) is 9.24. The number of hydrogen-bond acceptors (Lipinski definition) is 7. The average molecular weight is 475 g/mol. The van der Waals surface area contributed by atoms with Gasteiger partial charge in [-0.15, -0.1) is 5.10 Å². The monoisotopic (exact) mass is 474 g/mol. The van der Waals surface area contributed by atoms with Gasteiger partial charge in [0.1, 0.15) is 17.2 Å². The Bertz CT molecular complexity index is 1450. The quantitative estimate of drug-likeness (QED) is 0.203. The van der Waals surface area contributed by atoms with Crippen molar-refractivity contribution in [2.45, 2.75) is 10.9 Å². The number of nitrogen functional groups attached to an aromatic ring is 1. The van der Waals surface area contributed by atoms with Crippen LogP contribution in [0.3, 0.4) is 0 Å². The summed E-state index contributed by atoms with van der Waals surface area (Å²) in [7, 11) is 0. The van der Waals surface area contributed by atoms with Gasteiger partial charge in [-0.05, 0) is 48.0 Å². The topological polar surface area (TPSA) is 126 Å². The van der Waals surface area contributed by atoms with Gasteiger partial charge in [0.05, 0.1) is 17.6 Å². The third-order valence-electron chi connectivity index (χ3n) is 4.97. The molecule has 3 heterocycles. The lowest BCUT2D eigenvalue weighted by atomic mass is 10.1. The fourth-order valence-corrected chi connectivity index (χ4v) is 4.05. The molecule has 0 bridgehead atoms. The van der Waals surface area contributed by atoms with Gasteiger partial charge in [0.2, 0.25) is 5.16 Å².